The van der Waals surface area contributed by atoms with Crippen molar-refractivity contribution in [1.82, 2.24) is 5.43 Å². The van der Waals surface area contributed by atoms with Gasteiger partial charge in [0.25, 0.3) is 0 Å². The van der Waals surface area contributed by atoms with Crippen molar-refractivity contribution in [2.24, 2.45) is 11.8 Å². The van der Waals surface area contributed by atoms with Crippen molar-refractivity contribution < 1.29 is 0 Å². The van der Waals surface area contributed by atoms with Crippen LogP contribution in [0.25, 0.3) is 0 Å². The molecule has 1 aromatic rings. The normalized spacial score (nSPS) is 13.1. The zero-order chi connectivity index (χ0) is 12.8. The summed E-state index contributed by atoms with van der Waals surface area (Å²) in [6, 6.07) is 6.08. The highest BCUT2D eigenvalue weighted by molar-refractivity contribution is 9.10. The van der Waals surface area contributed by atoms with Crippen molar-refractivity contribution in [3.8, 4) is 0 Å². The van der Waals surface area contributed by atoms with Crippen molar-refractivity contribution in [3.63, 3.8) is 0 Å². The molecule has 0 spiro atoms. The molecule has 0 aliphatic rings. The molecule has 1 unspecified atom stereocenters. The molecule has 0 saturated carbocycles. The van der Waals surface area contributed by atoms with Gasteiger partial charge in [-0.05, 0) is 36.1 Å². The minimum Gasteiger partial charge on any atom is -0.271 e. The number of halogens is 2. The van der Waals surface area contributed by atoms with E-state index in [1.807, 2.05) is 12.1 Å². The van der Waals surface area contributed by atoms with Gasteiger partial charge in [-0.25, -0.2) is 0 Å². The Labute approximate surface area is 117 Å². The molecule has 0 heterocycles. The average molecular weight is 320 g/mol. The third-order valence-electron chi connectivity index (χ3n) is 2.76. The van der Waals surface area contributed by atoms with Gasteiger partial charge in [0, 0.05) is 15.5 Å². The van der Waals surface area contributed by atoms with Crippen LogP contribution in [0.5, 0.6) is 0 Å². The number of hydrogen-bond donors (Lipinski definition) is 2. The largest absolute Gasteiger partial charge is 0.271 e. The van der Waals surface area contributed by atoms with Crippen LogP contribution >= 0.6 is 27.5 Å². The molecule has 96 valence electrons. The Balaban J connectivity index is 2.65. The zero-order valence-corrected chi connectivity index (χ0v) is 12.7. The molecule has 0 fully saturated rings. The quantitative estimate of drug-likeness (QED) is 0.601. The number of nitrogens with one attached hydrogen (secondary N) is 1. The molecule has 0 bridgehead atoms. The fourth-order valence-corrected chi connectivity index (χ4v) is 2.74. The van der Waals surface area contributed by atoms with Gasteiger partial charge in [-0.3, -0.25) is 11.3 Å². The smallest absolute Gasteiger partial charge is 0.0460 e. The van der Waals surface area contributed by atoms with Gasteiger partial charge in [-0.15, -0.1) is 0 Å². The van der Waals surface area contributed by atoms with Crippen molar-refractivity contribution >= 4 is 27.5 Å². The summed E-state index contributed by atoms with van der Waals surface area (Å²) < 4.78 is 0.990. The first-order chi connectivity index (χ1) is 8.02. The lowest BCUT2D eigenvalue weighted by Crippen LogP contribution is -2.28. The SMILES string of the molecule is CC(C)CCCC(NN)c1cc(Cl)cc(Br)c1. The maximum absolute atomic E-state index is 6.04. The fraction of sp³-hybridized carbons (Fsp3) is 0.538. The summed E-state index contributed by atoms with van der Waals surface area (Å²) in [5, 5.41) is 0.735. The van der Waals surface area contributed by atoms with Crippen molar-refractivity contribution in [2.75, 3.05) is 0 Å². The summed E-state index contributed by atoms with van der Waals surface area (Å²) in [7, 11) is 0. The Kier molecular flexibility index (Phi) is 6.49. The van der Waals surface area contributed by atoms with Crippen LogP contribution in [0.1, 0.15) is 44.7 Å². The second kappa shape index (κ2) is 7.37. The summed E-state index contributed by atoms with van der Waals surface area (Å²) in [4.78, 5) is 0. The first-order valence-electron chi connectivity index (χ1n) is 5.95. The van der Waals surface area contributed by atoms with E-state index in [-0.39, 0.29) is 6.04 Å². The Bertz CT molecular complexity index is 335. The predicted molar refractivity (Wildman–Crippen MR) is 77.9 cm³/mol. The Morgan fingerprint density at radius 2 is 2.00 bits per heavy atom. The third-order valence-corrected chi connectivity index (χ3v) is 3.44. The highest BCUT2D eigenvalue weighted by atomic mass is 79.9. The standard InChI is InChI=1S/C13H20BrClN2/c1-9(2)4-3-5-13(17-16)10-6-11(14)8-12(15)7-10/h6-9,13,17H,3-5,16H2,1-2H3. The lowest BCUT2D eigenvalue weighted by Gasteiger charge is -2.17. The van der Waals surface area contributed by atoms with Crippen LogP contribution < -0.4 is 11.3 Å². The summed E-state index contributed by atoms with van der Waals surface area (Å²) in [5.74, 6) is 6.35. The van der Waals surface area contributed by atoms with Crippen LogP contribution in [0, 0.1) is 5.92 Å². The van der Waals surface area contributed by atoms with E-state index in [1.165, 1.54) is 6.42 Å². The third kappa shape index (κ3) is 5.38. The van der Waals surface area contributed by atoms with Gasteiger partial charge in [-0.2, -0.15) is 0 Å². The van der Waals surface area contributed by atoms with Crippen LogP contribution in [0.3, 0.4) is 0 Å². The first-order valence-corrected chi connectivity index (χ1v) is 7.12. The van der Waals surface area contributed by atoms with E-state index in [1.54, 1.807) is 0 Å². The van der Waals surface area contributed by atoms with Gasteiger partial charge in [0.1, 0.15) is 0 Å². The number of hydrogen-bond acceptors (Lipinski definition) is 2. The van der Waals surface area contributed by atoms with Crippen LogP contribution in [0.2, 0.25) is 5.02 Å². The summed E-state index contributed by atoms with van der Waals surface area (Å²) in [6.45, 7) is 4.47. The number of nitrogens with two attached hydrogens (primary N) is 1. The Morgan fingerprint density at radius 3 is 2.53 bits per heavy atom. The van der Waals surface area contributed by atoms with Gasteiger partial charge in [-0.1, -0.05) is 54.2 Å². The molecule has 0 aliphatic carbocycles. The summed E-state index contributed by atoms with van der Waals surface area (Å²) in [6.07, 6.45) is 3.41. The number of benzene rings is 1. The van der Waals surface area contributed by atoms with Gasteiger partial charge in [0.05, 0.1) is 0 Å². The maximum atomic E-state index is 6.04. The summed E-state index contributed by atoms with van der Waals surface area (Å²) in [5.41, 5.74) is 4.00. The van der Waals surface area contributed by atoms with E-state index in [2.05, 4.69) is 41.3 Å². The van der Waals surface area contributed by atoms with E-state index >= 15 is 0 Å². The van der Waals surface area contributed by atoms with E-state index in [0.717, 1.165) is 33.8 Å². The fourth-order valence-electron chi connectivity index (χ4n) is 1.85. The molecule has 1 atom stereocenters. The second-order valence-corrected chi connectivity index (χ2v) is 6.10. The van der Waals surface area contributed by atoms with Gasteiger partial charge in [0.15, 0.2) is 0 Å². The van der Waals surface area contributed by atoms with E-state index < -0.39 is 0 Å². The van der Waals surface area contributed by atoms with E-state index in [0.29, 0.717) is 0 Å². The Morgan fingerprint density at radius 1 is 1.29 bits per heavy atom. The Hall–Kier alpha value is -0.0900. The van der Waals surface area contributed by atoms with E-state index in [4.69, 9.17) is 17.4 Å². The highest BCUT2D eigenvalue weighted by Crippen LogP contribution is 2.26. The van der Waals surface area contributed by atoms with Gasteiger partial charge in [0.2, 0.25) is 0 Å². The molecule has 2 nitrogen and oxygen atoms in total. The number of rotatable bonds is 6. The van der Waals surface area contributed by atoms with Crippen molar-refractivity contribution in [2.45, 2.75) is 39.2 Å². The van der Waals surface area contributed by atoms with Crippen molar-refractivity contribution in [3.05, 3.63) is 33.3 Å². The van der Waals surface area contributed by atoms with Crippen molar-refractivity contribution in [1.29, 1.82) is 0 Å². The molecule has 3 N–H and O–H groups in total. The monoisotopic (exact) mass is 318 g/mol. The molecule has 1 aromatic carbocycles. The van der Waals surface area contributed by atoms with Crippen LogP contribution in [0.15, 0.2) is 22.7 Å². The molecule has 0 amide bonds. The molecule has 4 heteroatoms. The topological polar surface area (TPSA) is 38.0 Å². The van der Waals surface area contributed by atoms with Crippen LogP contribution in [-0.4, -0.2) is 0 Å². The van der Waals surface area contributed by atoms with E-state index in [9.17, 15) is 0 Å². The molecule has 0 aromatic heterocycles. The number of hydrazine groups is 1. The molecular weight excluding hydrogens is 300 g/mol. The molecular formula is C13H20BrClN2. The predicted octanol–water partition coefficient (Wildman–Crippen LogP) is 4.43. The van der Waals surface area contributed by atoms with Crippen LogP contribution in [0.4, 0.5) is 0 Å². The lowest BCUT2D eigenvalue weighted by molar-refractivity contribution is 0.455. The van der Waals surface area contributed by atoms with Gasteiger partial charge >= 0.3 is 0 Å². The zero-order valence-electron chi connectivity index (χ0n) is 10.3. The minimum absolute atomic E-state index is 0.170. The molecule has 17 heavy (non-hydrogen) atoms. The molecule has 1 rings (SSSR count). The molecule has 0 aliphatic heterocycles. The average Bonchev–Trinajstić information content (AvgIpc) is 2.22. The first kappa shape index (κ1) is 15.0. The second-order valence-electron chi connectivity index (χ2n) is 4.75. The summed E-state index contributed by atoms with van der Waals surface area (Å²) >= 11 is 9.49. The van der Waals surface area contributed by atoms with Gasteiger partial charge < -0.3 is 0 Å². The maximum Gasteiger partial charge on any atom is 0.0460 e. The lowest BCUT2D eigenvalue weighted by atomic mass is 9.98. The highest BCUT2D eigenvalue weighted by Gasteiger charge is 2.11. The minimum atomic E-state index is 0.170. The molecule has 0 radical (unpaired) electrons. The van der Waals surface area contributed by atoms with Crippen LogP contribution in [-0.2, 0) is 0 Å². The molecule has 0 saturated heterocycles.